The Morgan fingerprint density at radius 3 is 2.96 bits per heavy atom. The van der Waals surface area contributed by atoms with Gasteiger partial charge in [-0.2, -0.15) is 0 Å². The van der Waals surface area contributed by atoms with Crippen LogP contribution in [0.4, 0.5) is 11.5 Å². The van der Waals surface area contributed by atoms with Crippen LogP contribution in [0.3, 0.4) is 0 Å². The second kappa shape index (κ2) is 7.69. The quantitative estimate of drug-likeness (QED) is 0.784. The van der Waals surface area contributed by atoms with Crippen LogP contribution in [0, 0.1) is 0 Å². The average molecular weight is 375 g/mol. The summed E-state index contributed by atoms with van der Waals surface area (Å²) in [5.41, 5.74) is 8.82. The Labute approximate surface area is 165 Å². The molecule has 28 heavy (non-hydrogen) atoms. The maximum Gasteiger partial charge on any atom is 0.139 e. The van der Waals surface area contributed by atoms with Gasteiger partial charge in [-0.05, 0) is 57.1 Å². The summed E-state index contributed by atoms with van der Waals surface area (Å²) in [5, 5.41) is 5.52. The van der Waals surface area contributed by atoms with Crippen molar-refractivity contribution in [2.45, 2.75) is 19.3 Å². The fourth-order valence-electron chi connectivity index (χ4n) is 4.15. The molecule has 2 aromatic rings. The highest BCUT2D eigenvalue weighted by atomic mass is 15.5. The molecule has 7 nitrogen and oxygen atoms in total. The Morgan fingerprint density at radius 1 is 1.11 bits per heavy atom. The zero-order valence-electron chi connectivity index (χ0n) is 15.9. The Morgan fingerprint density at radius 2 is 2.04 bits per heavy atom. The van der Waals surface area contributed by atoms with Gasteiger partial charge in [0.1, 0.15) is 12.2 Å². The summed E-state index contributed by atoms with van der Waals surface area (Å²) in [4.78, 5) is 16.1. The molecule has 7 heteroatoms. The first-order chi connectivity index (χ1) is 13.9. The van der Waals surface area contributed by atoms with Crippen LogP contribution in [0.5, 0.6) is 0 Å². The first kappa shape index (κ1) is 17.3. The minimum Gasteiger partial charge on any atom is -0.338 e. The van der Waals surface area contributed by atoms with E-state index < -0.39 is 0 Å². The SMILES string of the molecule is C1=NC2=C(CN1NCCCN1CCCC1)c1ccncc1Nc1ncccc12. The molecule has 0 bridgehead atoms. The molecule has 144 valence electrons. The number of nitrogens with one attached hydrogen (secondary N) is 2. The molecule has 0 radical (unpaired) electrons. The summed E-state index contributed by atoms with van der Waals surface area (Å²) < 4.78 is 0. The van der Waals surface area contributed by atoms with E-state index in [0.29, 0.717) is 0 Å². The van der Waals surface area contributed by atoms with Crippen LogP contribution in [0.15, 0.2) is 41.8 Å². The first-order valence-corrected chi connectivity index (χ1v) is 10.0. The lowest BCUT2D eigenvalue weighted by atomic mass is 10.0. The predicted octanol–water partition coefficient (Wildman–Crippen LogP) is 2.74. The number of aromatic nitrogens is 2. The van der Waals surface area contributed by atoms with Gasteiger partial charge in [-0.25, -0.2) is 15.4 Å². The molecule has 0 unspecified atom stereocenters. The van der Waals surface area contributed by atoms with E-state index >= 15 is 0 Å². The molecular formula is C21H25N7. The molecule has 1 fully saturated rings. The largest absolute Gasteiger partial charge is 0.338 e. The Kier molecular flexibility index (Phi) is 4.76. The second-order valence-electron chi connectivity index (χ2n) is 7.46. The molecule has 0 aromatic carbocycles. The fraction of sp³-hybridized carbons (Fsp3) is 0.381. The maximum atomic E-state index is 4.80. The third kappa shape index (κ3) is 3.39. The Balaban J connectivity index is 1.34. The van der Waals surface area contributed by atoms with Gasteiger partial charge < -0.3 is 10.2 Å². The van der Waals surface area contributed by atoms with Crippen molar-refractivity contribution in [2.24, 2.45) is 4.99 Å². The lowest BCUT2D eigenvalue weighted by molar-refractivity contribution is 0.298. The number of aliphatic imine (C=N–C) groups is 1. The molecule has 0 spiro atoms. The Bertz CT molecular complexity index is 914. The molecule has 2 aromatic heterocycles. The van der Waals surface area contributed by atoms with Gasteiger partial charge in [0.15, 0.2) is 0 Å². The van der Waals surface area contributed by atoms with Gasteiger partial charge in [-0.3, -0.25) is 9.99 Å². The van der Waals surface area contributed by atoms with E-state index in [-0.39, 0.29) is 0 Å². The number of anilines is 2. The molecule has 3 aliphatic heterocycles. The lowest BCUT2D eigenvalue weighted by Crippen LogP contribution is -2.41. The number of hydrazine groups is 1. The van der Waals surface area contributed by atoms with Crippen LogP contribution >= 0.6 is 0 Å². The predicted molar refractivity (Wildman–Crippen MR) is 112 cm³/mol. The summed E-state index contributed by atoms with van der Waals surface area (Å²) in [7, 11) is 0. The minimum atomic E-state index is 0.759. The molecule has 5 rings (SSSR count). The van der Waals surface area contributed by atoms with Gasteiger partial charge in [0.05, 0.1) is 24.1 Å². The van der Waals surface area contributed by atoms with Gasteiger partial charge in [-0.1, -0.05) is 0 Å². The smallest absolute Gasteiger partial charge is 0.139 e. The maximum absolute atomic E-state index is 4.80. The normalized spacial score (nSPS) is 18.4. The van der Waals surface area contributed by atoms with Crippen LogP contribution in [0.1, 0.15) is 30.4 Å². The molecule has 1 saturated heterocycles. The van der Waals surface area contributed by atoms with Crippen molar-refractivity contribution in [1.29, 1.82) is 0 Å². The van der Waals surface area contributed by atoms with E-state index in [9.17, 15) is 0 Å². The van der Waals surface area contributed by atoms with Gasteiger partial charge in [-0.15, -0.1) is 0 Å². The summed E-state index contributed by atoms with van der Waals surface area (Å²) in [6.45, 7) is 5.39. The lowest BCUT2D eigenvalue weighted by Gasteiger charge is -2.27. The number of nitrogens with zero attached hydrogens (tertiary/aromatic N) is 5. The zero-order valence-corrected chi connectivity index (χ0v) is 15.9. The molecular weight excluding hydrogens is 350 g/mol. The number of pyridine rings is 2. The van der Waals surface area contributed by atoms with Crippen molar-refractivity contribution in [1.82, 2.24) is 25.3 Å². The topological polar surface area (TPSA) is 68.7 Å². The zero-order chi connectivity index (χ0) is 18.8. The van der Waals surface area contributed by atoms with E-state index in [1.54, 1.807) is 6.20 Å². The first-order valence-electron chi connectivity index (χ1n) is 10.0. The highest BCUT2D eigenvalue weighted by molar-refractivity contribution is 6.02. The van der Waals surface area contributed by atoms with E-state index in [4.69, 9.17) is 4.99 Å². The Hall–Kier alpha value is -2.77. The molecule has 2 N–H and O–H groups in total. The number of fused-ring (bicyclic) bond motifs is 4. The highest BCUT2D eigenvalue weighted by Crippen LogP contribution is 2.40. The third-order valence-corrected chi connectivity index (χ3v) is 5.57. The van der Waals surface area contributed by atoms with Crippen molar-refractivity contribution in [2.75, 3.05) is 38.0 Å². The van der Waals surface area contributed by atoms with Crippen LogP contribution in [-0.2, 0) is 0 Å². The monoisotopic (exact) mass is 375 g/mol. The van der Waals surface area contributed by atoms with E-state index in [0.717, 1.165) is 47.8 Å². The number of hydrogen-bond donors (Lipinski definition) is 2. The van der Waals surface area contributed by atoms with Gasteiger partial charge in [0.25, 0.3) is 0 Å². The summed E-state index contributed by atoms with van der Waals surface area (Å²) in [6.07, 6.45) is 11.2. The number of hydrogen-bond acceptors (Lipinski definition) is 7. The fourth-order valence-corrected chi connectivity index (χ4v) is 4.15. The molecule has 0 amide bonds. The van der Waals surface area contributed by atoms with Crippen molar-refractivity contribution in [3.63, 3.8) is 0 Å². The second-order valence-corrected chi connectivity index (χ2v) is 7.46. The van der Waals surface area contributed by atoms with Crippen LogP contribution < -0.4 is 10.7 Å². The number of likely N-dealkylation sites (tertiary alicyclic amines) is 1. The summed E-state index contributed by atoms with van der Waals surface area (Å²) in [5.74, 6) is 0.825. The van der Waals surface area contributed by atoms with Crippen LogP contribution in [0.2, 0.25) is 0 Å². The molecule has 0 saturated carbocycles. The van der Waals surface area contributed by atoms with Crippen LogP contribution in [0.25, 0.3) is 11.3 Å². The van der Waals surface area contributed by atoms with Gasteiger partial charge >= 0.3 is 0 Å². The molecule has 0 aliphatic carbocycles. The van der Waals surface area contributed by atoms with Crippen LogP contribution in [-0.4, -0.2) is 58.9 Å². The summed E-state index contributed by atoms with van der Waals surface area (Å²) in [6, 6.07) is 6.08. The third-order valence-electron chi connectivity index (χ3n) is 5.57. The van der Waals surface area contributed by atoms with Crippen molar-refractivity contribution in [3.05, 3.63) is 47.9 Å². The minimum absolute atomic E-state index is 0.759. The van der Waals surface area contributed by atoms with E-state index in [1.165, 1.54) is 38.0 Å². The van der Waals surface area contributed by atoms with E-state index in [1.807, 2.05) is 24.8 Å². The molecule has 3 aliphatic rings. The number of rotatable bonds is 5. The standard InChI is InChI=1S/C21H25N7/c1-2-11-27(10-1)12-4-8-25-28-14-18-16-6-9-22-13-19(16)26-21-17(5-3-7-23-21)20(18)24-15-28/h3,5-7,9,13,15,25H,1-2,4,8,10-12,14H2,(H,23,26). The van der Waals surface area contributed by atoms with Crippen molar-refractivity contribution >= 4 is 29.1 Å². The molecule has 5 heterocycles. The summed E-state index contributed by atoms with van der Waals surface area (Å²) >= 11 is 0. The van der Waals surface area contributed by atoms with Crippen molar-refractivity contribution in [3.8, 4) is 0 Å². The van der Waals surface area contributed by atoms with Gasteiger partial charge in [0, 0.05) is 35.6 Å². The van der Waals surface area contributed by atoms with Gasteiger partial charge in [0.2, 0.25) is 0 Å². The average Bonchev–Trinajstić information content (AvgIpc) is 3.21. The van der Waals surface area contributed by atoms with Crippen molar-refractivity contribution < 1.29 is 0 Å². The van der Waals surface area contributed by atoms with E-state index in [2.05, 4.69) is 42.8 Å². The highest BCUT2D eigenvalue weighted by Gasteiger charge is 2.25. The molecule has 0 atom stereocenters.